The standard InChI is InChI=1S/C25H24F3N5O2/c1-35-20-5-2-4-17(23-29-10-3-11-30-23)22(20)24(34)33-14-15-6-8-19(33)18(12-15)32-21-9-7-16(13-31-21)25(26,27)28/h2-5,7,9-11,13,15,18-19H,6,8,12,14H2,1H3,(H,31,32)/t15?,18-,19+/m1/s1. The second kappa shape index (κ2) is 9.16. The van der Waals surface area contributed by atoms with Gasteiger partial charge in [0.1, 0.15) is 11.6 Å². The van der Waals surface area contributed by atoms with Gasteiger partial charge in [-0.3, -0.25) is 4.79 Å². The van der Waals surface area contributed by atoms with Gasteiger partial charge < -0.3 is 15.0 Å². The molecule has 4 heterocycles. The van der Waals surface area contributed by atoms with Gasteiger partial charge in [0, 0.05) is 36.7 Å². The molecule has 1 aromatic carbocycles. The number of pyridine rings is 1. The summed E-state index contributed by atoms with van der Waals surface area (Å²) in [7, 11) is 1.52. The summed E-state index contributed by atoms with van der Waals surface area (Å²) in [4.78, 5) is 28.4. The number of hydrogen-bond acceptors (Lipinski definition) is 6. The summed E-state index contributed by atoms with van der Waals surface area (Å²) < 4.78 is 44.2. The lowest BCUT2D eigenvalue weighted by Gasteiger charge is -2.50. The Morgan fingerprint density at radius 1 is 1.09 bits per heavy atom. The van der Waals surface area contributed by atoms with Crippen molar-refractivity contribution in [2.45, 2.75) is 37.5 Å². The van der Waals surface area contributed by atoms with E-state index >= 15 is 0 Å². The number of benzene rings is 1. The lowest BCUT2D eigenvalue weighted by Crippen LogP contribution is -2.59. The van der Waals surface area contributed by atoms with Gasteiger partial charge in [0.05, 0.1) is 24.3 Å². The van der Waals surface area contributed by atoms with Gasteiger partial charge in [-0.05, 0) is 49.4 Å². The molecule has 2 bridgehead atoms. The molecule has 3 atom stereocenters. The van der Waals surface area contributed by atoms with Gasteiger partial charge in [0.25, 0.3) is 5.91 Å². The largest absolute Gasteiger partial charge is 0.496 e. The zero-order valence-corrected chi connectivity index (χ0v) is 19.0. The normalized spacial score (nSPS) is 21.6. The van der Waals surface area contributed by atoms with Crippen LogP contribution in [0.15, 0.2) is 55.0 Å². The SMILES string of the molecule is COc1cccc(-c2ncccn2)c1C(=O)N1CC2CC[C@H]1[C@H](Nc1ccc(C(F)(F)F)cn1)C2. The number of alkyl halides is 3. The van der Waals surface area contributed by atoms with Crippen molar-refractivity contribution in [3.8, 4) is 17.1 Å². The van der Waals surface area contributed by atoms with Crippen molar-refractivity contribution in [3.05, 3.63) is 66.1 Å². The Bertz CT molecular complexity index is 1200. The second-order valence-electron chi connectivity index (χ2n) is 8.84. The summed E-state index contributed by atoms with van der Waals surface area (Å²) >= 11 is 0. The summed E-state index contributed by atoms with van der Waals surface area (Å²) in [6, 6.07) is 9.14. The number of piperidine rings is 2. The van der Waals surface area contributed by atoms with Crippen molar-refractivity contribution in [3.63, 3.8) is 0 Å². The highest BCUT2D eigenvalue weighted by Gasteiger charge is 2.44. The quantitative estimate of drug-likeness (QED) is 0.568. The first kappa shape index (κ1) is 23.1. The lowest BCUT2D eigenvalue weighted by molar-refractivity contribution is -0.137. The van der Waals surface area contributed by atoms with E-state index in [0.29, 0.717) is 35.1 Å². The Hall–Kier alpha value is -3.69. The van der Waals surface area contributed by atoms with E-state index in [-0.39, 0.29) is 23.9 Å². The van der Waals surface area contributed by atoms with Gasteiger partial charge in [-0.1, -0.05) is 12.1 Å². The fraction of sp³-hybridized carbons (Fsp3) is 0.360. The van der Waals surface area contributed by atoms with Gasteiger partial charge in [0.2, 0.25) is 0 Å². The number of carbonyl (C=O) groups is 1. The number of rotatable bonds is 5. The molecule has 10 heteroatoms. The highest BCUT2D eigenvalue weighted by molar-refractivity contribution is 6.03. The fourth-order valence-electron chi connectivity index (χ4n) is 5.11. The zero-order valence-electron chi connectivity index (χ0n) is 19.0. The minimum atomic E-state index is -4.44. The average Bonchev–Trinajstić information content (AvgIpc) is 2.88. The Balaban J connectivity index is 1.43. The van der Waals surface area contributed by atoms with Gasteiger partial charge in [-0.2, -0.15) is 13.2 Å². The number of hydrogen-bond donors (Lipinski definition) is 1. The van der Waals surface area contributed by atoms with Crippen molar-refractivity contribution in [2.24, 2.45) is 5.92 Å². The third-order valence-electron chi connectivity index (χ3n) is 6.73. The Morgan fingerprint density at radius 2 is 1.89 bits per heavy atom. The summed E-state index contributed by atoms with van der Waals surface area (Å²) in [5.74, 6) is 1.34. The van der Waals surface area contributed by atoms with E-state index in [1.54, 1.807) is 36.7 Å². The predicted molar refractivity (Wildman–Crippen MR) is 123 cm³/mol. The number of fused-ring (bicyclic) bond motifs is 3. The third-order valence-corrected chi connectivity index (χ3v) is 6.73. The minimum Gasteiger partial charge on any atom is -0.496 e. The van der Waals surface area contributed by atoms with Crippen molar-refractivity contribution in [1.82, 2.24) is 19.9 Å². The van der Waals surface area contributed by atoms with E-state index in [2.05, 4.69) is 20.3 Å². The zero-order chi connectivity index (χ0) is 24.6. The molecule has 6 rings (SSSR count). The fourth-order valence-corrected chi connectivity index (χ4v) is 5.11. The maximum Gasteiger partial charge on any atom is 0.417 e. The highest BCUT2D eigenvalue weighted by atomic mass is 19.4. The van der Waals surface area contributed by atoms with Gasteiger partial charge in [-0.25, -0.2) is 15.0 Å². The van der Waals surface area contributed by atoms with Gasteiger partial charge in [-0.15, -0.1) is 0 Å². The van der Waals surface area contributed by atoms with Crippen LogP contribution in [0.4, 0.5) is 19.0 Å². The van der Waals surface area contributed by atoms with E-state index in [4.69, 9.17) is 4.74 Å². The lowest BCUT2D eigenvalue weighted by atomic mass is 9.76. The number of ether oxygens (including phenoxy) is 1. The first-order chi connectivity index (χ1) is 16.8. The van der Waals surface area contributed by atoms with Crippen LogP contribution in [-0.4, -0.2) is 51.5 Å². The summed E-state index contributed by atoms with van der Waals surface area (Å²) in [6.07, 6.45) is 2.24. The maximum absolute atomic E-state index is 13.9. The number of carbonyl (C=O) groups excluding carboxylic acids is 1. The third kappa shape index (κ3) is 4.52. The van der Waals surface area contributed by atoms with Crippen LogP contribution < -0.4 is 10.1 Å². The van der Waals surface area contributed by atoms with Crippen LogP contribution in [0.2, 0.25) is 0 Å². The van der Waals surface area contributed by atoms with Crippen molar-refractivity contribution >= 4 is 11.7 Å². The van der Waals surface area contributed by atoms with Crippen LogP contribution in [0.3, 0.4) is 0 Å². The number of nitrogens with one attached hydrogen (secondary N) is 1. The van der Waals surface area contributed by atoms with E-state index < -0.39 is 11.7 Å². The molecule has 0 radical (unpaired) electrons. The maximum atomic E-state index is 13.9. The van der Waals surface area contributed by atoms with Gasteiger partial charge >= 0.3 is 6.18 Å². The molecule has 1 unspecified atom stereocenters. The molecular formula is C25H24F3N5O2. The molecule has 1 aliphatic carbocycles. The Kier molecular flexibility index (Phi) is 6.04. The van der Waals surface area contributed by atoms with Crippen molar-refractivity contribution in [2.75, 3.05) is 19.0 Å². The minimum absolute atomic E-state index is 0.123. The van der Waals surface area contributed by atoms with E-state index in [1.807, 2.05) is 4.90 Å². The smallest absolute Gasteiger partial charge is 0.417 e. The van der Waals surface area contributed by atoms with Crippen LogP contribution in [-0.2, 0) is 6.18 Å². The van der Waals surface area contributed by atoms with Crippen molar-refractivity contribution in [1.29, 1.82) is 0 Å². The number of amides is 1. The molecule has 1 saturated carbocycles. The molecule has 3 aromatic rings. The molecule has 2 aliphatic heterocycles. The summed E-state index contributed by atoms with van der Waals surface area (Å²) in [6.45, 7) is 0.606. The summed E-state index contributed by atoms with van der Waals surface area (Å²) in [5.41, 5.74) is 0.197. The molecule has 182 valence electrons. The molecule has 7 nitrogen and oxygen atoms in total. The monoisotopic (exact) mass is 483 g/mol. The van der Waals surface area contributed by atoms with E-state index in [0.717, 1.165) is 31.5 Å². The Morgan fingerprint density at radius 3 is 2.54 bits per heavy atom. The molecule has 1 N–H and O–H groups in total. The number of aromatic nitrogens is 3. The average molecular weight is 483 g/mol. The second-order valence-corrected chi connectivity index (χ2v) is 8.84. The molecule has 2 aromatic heterocycles. The molecule has 3 fully saturated rings. The van der Waals surface area contributed by atoms with Crippen LogP contribution in [0.1, 0.15) is 35.2 Å². The van der Waals surface area contributed by atoms with Crippen LogP contribution in [0, 0.1) is 5.92 Å². The first-order valence-corrected chi connectivity index (χ1v) is 11.4. The van der Waals surface area contributed by atoms with Gasteiger partial charge in [0.15, 0.2) is 5.82 Å². The number of halogens is 3. The molecule has 0 spiro atoms. The number of anilines is 1. The first-order valence-electron chi connectivity index (χ1n) is 11.4. The topological polar surface area (TPSA) is 80.2 Å². The van der Waals surface area contributed by atoms with E-state index in [1.165, 1.54) is 13.2 Å². The van der Waals surface area contributed by atoms with Crippen LogP contribution in [0.5, 0.6) is 5.75 Å². The number of methoxy groups -OCH3 is 1. The molecule has 1 amide bonds. The summed E-state index contributed by atoms with van der Waals surface area (Å²) in [5, 5.41) is 3.27. The van der Waals surface area contributed by atoms with E-state index in [9.17, 15) is 18.0 Å². The highest BCUT2D eigenvalue weighted by Crippen LogP contribution is 2.40. The van der Waals surface area contributed by atoms with Crippen molar-refractivity contribution < 1.29 is 22.7 Å². The van der Waals surface area contributed by atoms with Crippen LogP contribution in [0.25, 0.3) is 11.4 Å². The molecular weight excluding hydrogens is 459 g/mol. The van der Waals surface area contributed by atoms with Crippen LogP contribution >= 0.6 is 0 Å². The molecule has 2 saturated heterocycles. The molecule has 3 aliphatic rings. The Labute approximate surface area is 200 Å². The molecule has 35 heavy (non-hydrogen) atoms. The number of nitrogens with zero attached hydrogens (tertiary/aromatic N) is 4. The predicted octanol–water partition coefficient (Wildman–Crippen LogP) is 4.67.